The number of nitrogens with zero attached hydrogens (tertiary/aromatic N) is 1. The fourth-order valence-corrected chi connectivity index (χ4v) is 5.56. The fourth-order valence-electron chi connectivity index (χ4n) is 3.93. The summed E-state index contributed by atoms with van der Waals surface area (Å²) < 4.78 is 37.8. The first-order chi connectivity index (χ1) is 15.6. The number of rotatable bonds is 5. The van der Waals surface area contributed by atoms with Gasteiger partial charge in [-0.25, -0.2) is 13.2 Å². The summed E-state index contributed by atoms with van der Waals surface area (Å²) >= 11 is 6.20. The van der Waals surface area contributed by atoms with E-state index in [0.29, 0.717) is 34.4 Å². The minimum atomic E-state index is -3.60. The van der Waals surface area contributed by atoms with Crippen molar-refractivity contribution in [1.82, 2.24) is 4.31 Å². The second kappa shape index (κ2) is 9.29. The fraction of sp³-hybridized carbons (Fsp3) is 0.333. The maximum atomic E-state index is 12.9. The molecular formula is C24H24ClNO6S. The van der Waals surface area contributed by atoms with Crippen molar-refractivity contribution >= 4 is 38.6 Å². The molecule has 0 saturated carbocycles. The summed E-state index contributed by atoms with van der Waals surface area (Å²) in [6.07, 6.45) is 0.735. The Morgan fingerprint density at radius 1 is 1.12 bits per heavy atom. The molecule has 0 amide bonds. The molecule has 2 aromatic carbocycles. The molecule has 0 unspecified atom stereocenters. The van der Waals surface area contributed by atoms with Gasteiger partial charge in [0.2, 0.25) is 10.0 Å². The number of hydrogen-bond acceptors (Lipinski definition) is 6. The number of ether oxygens (including phenoxy) is 1. The van der Waals surface area contributed by atoms with Gasteiger partial charge >= 0.3 is 11.6 Å². The molecule has 0 bridgehead atoms. The van der Waals surface area contributed by atoms with Crippen LogP contribution in [0.25, 0.3) is 11.0 Å². The predicted molar refractivity (Wildman–Crippen MR) is 125 cm³/mol. The highest BCUT2D eigenvalue weighted by Gasteiger charge is 2.32. The first-order valence-corrected chi connectivity index (χ1v) is 12.4. The summed E-state index contributed by atoms with van der Waals surface area (Å²) in [5.74, 6) is -0.825. The predicted octanol–water partition coefficient (Wildman–Crippen LogP) is 4.21. The van der Waals surface area contributed by atoms with Gasteiger partial charge in [-0.2, -0.15) is 4.31 Å². The summed E-state index contributed by atoms with van der Waals surface area (Å²) in [6.45, 7) is 4.08. The summed E-state index contributed by atoms with van der Waals surface area (Å²) in [7, 11) is -3.60. The van der Waals surface area contributed by atoms with E-state index < -0.39 is 27.5 Å². The molecule has 1 aromatic heterocycles. The molecule has 3 aromatic rings. The second-order valence-electron chi connectivity index (χ2n) is 8.29. The molecule has 0 aliphatic carbocycles. The van der Waals surface area contributed by atoms with Gasteiger partial charge in [-0.15, -0.1) is 0 Å². The van der Waals surface area contributed by atoms with E-state index in [1.54, 1.807) is 43.3 Å². The Morgan fingerprint density at radius 3 is 2.45 bits per heavy atom. The van der Waals surface area contributed by atoms with E-state index in [1.807, 2.05) is 6.92 Å². The van der Waals surface area contributed by atoms with Crippen LogP contribution in [-0.2, 0) is 26.2 Å². The van der Waals surface area contributed by atoms with Gasteiger partial charge in [0.15, 0.2) is 0 Å². The molecule has 1 fully saturated rings. The van der Waals surface area contributed by atoms with E-state index in [4.69, 9.17) is 20.8 Å². The van der Waals surface area contributed by atoms with Crippen LogP contribution in [0.5, 0.6) is 0 Å². The second-order valence-corrected chi connectivity index (χ2v) is 10.6. The van der Waals surface area contributed by atoms with Crippen molar-refractivity contribution in [1.29, 1.82) is 0 Å². The SMILES string of the molecule is Cc1ccc(S(=O)(=O)N2CCC(C(=O)OCc3cc(=O)oc4cc(C)c(Cl)cc34)CC2)cc1. The van der Waals surface area contributed by atoms with E-state index in [2.05, 4.69) is 0 Å². The van der Waals surface area contributed by atoms with E-state index in [-0.39, 0.29) is 24.6 Å². The number of piperidine rings is 1. The summed E-state index contributed by atoms with van der Waals surface area (Å²) in [4.78, 5) is 24.8. The molecule has 4 rings (SSSR count). The number of carbonyl (C=O) groups is 1. The number of sulfonamides is 1. The van der Waals surface area contributed by atoms with Gasteiger partial charge in [-0.1, -0.05) is 29.3 Å². The number of hydrogen-bond donors (Lipinski definition) is 0. The van der Waals surface area contributed by atoms with Gasteiger partial charge in [0, 0.05) is 35.1 Å². The lowest BCUT2D eigenvalue weighted by Gasteiger charge is -2.30. The van der Waals surface area contributed by atoms with Crippen molar-refractivity contribution in [3.63, 3.8) is 0 Å². The van der Waals surface area contributed by atoms with Crippen LogP contribution in [0.2, 0.25) is 5.02 Å². The Labute approximate surface area is 197 Å². The van der Waals surface area contributed by atoms with Crippen molar-refractivity contribution < 1.29 is 22.4 Å². The van der Waals surface area contributed by atoms with E-state index in [1.165, 1.54) is 10.4 Å². The lowest BCUT2D eigenvalue weighted by Crippen LogP contribution is -2.40. The largest absolute Gasteiger partial charge is 0.461 e. The van der Waals surface area contributed by atoms with Gasteiger partial charge in [0.1, 0.15) is 12.2 Å². The van der Waals surface area contributed by atoms with Gasteiger partial charge in [-0.3, -0.25) is 4.79 Å². The number of fused-ring (bicyclic) bond motifs is 1. The van der Waals surface area contributed by atoms with Crippen LogP contribution in [0, 0.1) is 19.8 Å². The maximum Gasteiger partial charge on any atom is 0.336 e. The zero-order valence-electron chi connectivity index (χ0n) is 18.3. The van der Waals surface area contributed by atoms with Gasteiger partial charge in [0.25, 0.3) is 0 Å². The first kappa shape index (κ1) is 23.5. The molecule has 0 spiro atoms. The van der Waals surface area contributed by atoms with Crippen LogP contribution >= 0.6 is 11.6 Å². The van der Waals surface area contributed by atoms with Crippen molar-refractivity contribution in [3.8, 4) is 0 Å². The molecule has 9 heteroatoms. The summed E-state index contributed by atoms with van der Waals surface area (Å²) in [6, 6.07) is 11.4. The van der Waals surface area contributed by atoms with Crippen molar-refractivity contribution in [2.24, 2.45) is 5.92 Å². The Balaban J connectivity index is 1.41. The number of esters is 1. The molecule has 0 atom stereocenters. The Kier molecular flexibility index (Phi) is 6.61. The minimum Gasteiger partial charge on any atom is -0.461 e. The zero-order chi connectivity index (χ0) is 23.8. The number of benzene rings is 2. The smallest absolute Gasteiger partial charge is 0.336 e. The average Bonchev–Trinajstić information content (AvgIpc) is 2.79. The van der Waals surface area contributed by atoms with Gasteiger partial charge in [0.05, 0.1) is 10.8 Å². The minimum absolute atomic E-state index is 0.0950. The van der Waals surface area contributed by atoms with Crippen LogP contribution in [0.1, 0.15) is 29.5 Å². The van der Waals surface area contributed by atoms with Crippen LogP contribution in [0.3, 0.4) is 0 Å². The molecule has 0 radical (unpaired) electrons. The molecule has 1 aliphatic rings. The Hall–Kier alpha value is -2.68. The normalized spacial score (nSPS) is 15.6. The number of aryl methyl sites for hydroxylation is 2. The third-order valence-corrected chi connectivity index (χ3v) is 8.25. The van der Waals surface area contributed by atoms with Crippen LogP contribution in [0.15, 0.2) is 56.6 Å². The highest BCUT2D eigenvalue weighted by molar-refractivity contribution is 7.89. The highest BCUT2D eigenvalue weighted by Crippen LogP contribution is 2.27. The van der Waals surface area contributed by atoms with Gasteiger partial charge in [-0.05, 0) is 56.5 Å². The Morgan fingerprint density at radius 2 is 1.79 bits per heavy atom. The maximum absolute atomic E-state index is 12.9. The standard InChI is InChI=1S/C24H24ClNO6S/c1-15-3-5-19(6-4-15)33(29,30)26-9-7-17(8-10-26)24(28)31-14-18-12-23(27)32-22-11-16(2)21(25)13-20(18)22/h3-6,11-13,17H,7-10,14H2,1-2H3. The Bertz CT molecular complexity index is 1360. The highest BCUT2D eigenvalue weighted by atomic mass is 35.5. The van der Waals surface area contributed by atoms with Gasteiger partial charge < -0.3 is 9.15 Å². The van der Waals surface area contributed by atoms with Crippen molar-refractivity contribution in [3.05, 3.63) is 74.6 Å². The lowest BCUT2D eigenvalue weighted by atomic mass is 9.98. The molecule has 0 N–H and O–H groups in total. The first-order valence-electron chi connectivity index (χ1n) is 10.6. The number of carbonyl (C=O) groups excluding carboxylic acids is 1. The van der Waals surface area contributed by atoms with Crippen LogP contribution in [-0.4, -0.2) is 31.8 Å². The van der Waals surface area contributed by atoms with E-state index in [0.717, 1.165) is 11.1 Å². The van der Waals surface area contributed by atoms with Crippen LogP contribution in [0.4, 0.5) is 0 Å². The topological polar surface area (TPSA) is 93.9 Å². The third kappa shape index (κ3) is 4.98. The lowest BCUT2D eigenvalue weighted by molar-refractivity contribution is -0.151. The summed E-state index contributed by atoms with van der Waals surface area (Å²) in [5.41, 5.74) is 2.11. The van der Waals surface area contributed by atoms with Crippen LogP contribution < -0.4 is 5.63 Å². The number of halogens is 1. The molecule has 33 heavy (non-hydrogen) atoms. The van der Waals surface area contributed by atoms with E-state index in [9.17, 15) is 18.0 Å². The molecule has 174 valence electrons. The quantitative estimate of drug-likeness (QED) is 0.393. The molecule has 7 nitrogen and oxygen atoms in total. The molecule has 1 saturated heterocycles. The monoisotopic (exact) mass is 489 g/mol. The van der Waals surface area contributed by atoms with E-state index >= 15 is 0 Å². The van der Waals surface area contributed by atoms with Crippen molar-refractivity contribution in [2.75, 3.05) is 13.1 Å². The molecule has 2 heterocycles. The summed E-state index contributed by atoms with van der Waals surface area (Å²) in [5, 5.41) is 1.13. The van der Waals surface area contributed by atoms with Crippen molar-refractivity contribution in [2.45, 2.75) is 38.2 Å². The molecular weight excluding hydrogens is 466 g/mol. The third-order valence-electron chi connectivity index (χ3n) is 5.93. The zero-order valence-corrected chi connectivity index (χ0v) is 19.9. The average molecular weight is 490 g/mol. The molecule has 1 aliphatic heterocycles.